The first-order chi connectivity index (χ1) is 9.96. The third-order valence-corrected chi connectivity index (χ3v) is 6.34. The fraction of sp³-hybridized carbons (Fsp3) is 0.929. The molecule has 0 unspecified atom stereocenters. The van der Waals surface area contributed by atoms with Crippen molar-refractivity contribution in [3.05, 3.63) is 0 Å². The van der Waals surface area contributed by atoms with Gasteiger partial charge in [-0.05, 0) is 38.6 Å². The number of carbonyl (C=O) groups is 1. The van der Waals surface area contributed by atoms with Crippen LogP contribution in [0.15, 0.2) is 0 Å². The second kappa shape index (κ2) is 7.45. The zero-order valence-corrected chi connectivity index (χ0v) is 13.6. The number of carbonyl (C=O) groups excluding carboxylic acids is 1. The number of piperidine rings is 1. The van der Waals surface area contributed by atoms with Crippen LogP contribution in [0, 0.1) is 5.92 Å². The Morgan fingerprint density at radius 3 is 2.71 bits per heavy atom. The van der Waals surface area contributed by atoms with Crippen LogP contribution in [0.1, 0.15) is 32.6 Å². The lowest BCUT2D eigenvalue weighted by Crippen LogP contribution is -2.45. The number of hydrogen-bond donors (Lipinski definition) is 2. The molecule has 2 atom stereocenters. The number of nitrogens with one attached hydrogen (secondary N) is 2. The summed E-state index contributed by atoms with van der Waals surface area (Å²) < 4.78 is 22.7. The highest BCUT2D eigenvalue weighted by molar-refractivity contribution is 7.91. The summed E-state index contributed by atoms with van der Waals surface area (Å²) in [6, 6.07) is 0.413. The van der Waals surface area contributed by atoms with Crippen molar-refractivity contribution < 1.29 is 13.2 Å². The van der Waals surface area contributed by atoms with E-state index in [1.165, 1.54) is 19.3 Å². The fourth-order valence-electron chi connectivity index (χ4n) is 3.14. The minimum absolute atomic E-state index is 0.0721. The lowest BCUT2D eigenvalue weighted by atomic mass is 10.0. The first-order valence-electron chi connectivity index (χ1n) is 7.92. The molecule has 0 spiro atoms. The molecule has 2 amide bonds. The van der Waals surface area contributed by atoms with Gasteiger partial charge in [0, 0.05) is 25.7 Å². The van der Waals surface area contributed by atoms with E-state index in [1.54, 1.807) is 0 Å². The predicted octanol–water partition coefficient (Wildman–Crippen LogP) is 0.595. The molecular formula is C14H27N3O3S. The van der Waals surface area contributed by atoms with Crippen molar-refractivity contribution in [2.45, 2.75) is 38.6 Å². The third-order valence-electron chi connectivity index (χ3n) is 4.50. The van der Waals surface area contributed by atoms with Gasteiger partial charge < -0.3 is 10.6 Å². The normalized spacial score (nSPS) is 29.2. The molecule has 0 aromatic carbocycles. The van der Waals surface area contributed by atoms with Gasteiger partial charge in [-0.15, -0.1) is 0 Å². The molecule has 2 N–H and O–H groups in total. The van der Waals surface area contributed by atoms with Gasteiger partial charge in [-0.3, -0.25) is 4.90 Å². The highest BCUT2D eigenvalue weighted by atomic mass is 32.2. The van der Waals surface area contributed by atoms with Crippen molar-refractivity contribution in [2.75, 3.05) is 37.7 Å². The molecule has 6 nitrogen and oxygen atoms in total. The molecule has 2 heterocycles. The van der Waals surface area contributed by atoms with Crippen LogP contribution in [-0.2, 0) is 9.84 Å². The van der Waals surface area contributed by atoms with Crippen molar-refractivity contribution in [3.8, 4) is 0 Å². The van der Waals surface area contributed by atoms with E-state index < -0.39 is 9.84 Å². The van der Waals surface area contributed by atoms with Crippen LogP contribution in [0.3, 0.4) is 0 Å². The van der Waals surface area contributed by atoms with Gasteiger partial charge in [-0.25, -0.2) is 13.2 Å². The minimum Gasteiger partial charge on any atom is -0.338 e. The quantitative estimate of drug-likeness (QED) is 0.778. The molecule has 0 bridgehead atoms. The summed E-state index contributed by atoms with van der Waals surface area (Å²) in [6.07, 6.45) is 4.44. The van der Waals surface area contributed by atoms with Crippen LogP contribution in [0.5, 0.6) is 0 Å². The number of amides is 2. The first kappa shape index (κ1) is 16.5. The molecule has 7 heteroatoms. The highest BCUT2D eigenvalue weighted by Gasteiger charge is 2.27. The highest BCUT2D eigenvalue weighted by Crippen LogP contribution is 2.17. The molecule has 2 aliphatic rings. The van der Waals surface area contributed by atoms with Crippen molar-refractivity contribution in [2.24, 2.45) is 5.92 Å². The number of sulfone groups is 1. The summed E-state index contributed by atoms with van der Waals surface area (Å²) in [5, 5.41) is 5.63. The smallest absolute Gasteiger partial charge is 0.314 e. The molecule has 0 aliphatic carbocycles. The number of hydrogen-bond acceptors (Lipinski definition) is 4. The lowest BCUT2D eigenvalue weighted by molar-refractivity contribution is 0.161. The molecule has 21 heavy (non-hydrogen) atoms. The zero-order chi connectivity index (χ0) is 15.3. The molecular weight excluding hydrogens is 290 g/mol. The Balaban J connectivity index is 1.57. The number of urea groups is 1. The third kappa shape index (κ3) is 5.47. The van der Waals surface area contributed by atoms with Gasteiger partial charge >= 0.3 is 6.03 Å². The Bertz CT molecular complexity index is 452. The summed E-state index contributed by atoms with van der Waals surface area (Å²) in [5.74, 6) is 0.537. The van der Waals surface area contributed by atoms with Gasteiger partial charge in [0.1, 0.15) is 0 Å². The maximum atomic E-state index is 11.7. The molecule has 2 fully saturated rings. The summed E-state index contributed by atoms with van der Waals surface area (Å²) >= 11 is 0. The van der Waals surface area contributed by atoms with Crippen LogP contribution in [0.2, 0.25) is 0 Å². The van der Waals surface area contributed by atoms with E-state index in [-0.39, 0.29) is 23.5 Å². The Morgan fingerprint density at radius 1 is 1.24 bits per heavy atom. The number of rotatable bonds is 5. The van der Waals surface area contributed by atoms with E-state index in [0.29, 0.717) is 25.6 Å². The molecule has 0 aromatic heterocycles. The van der Waals surface area contributed by atoms with Gasteiger partial charge in [0.25, 0.3) is 0 Å². The van der Waals surface area contributed by atoms with Crippen LogP contribution >= 0.6 is 0 Å². The maximum absolute atomic E-state index is 11.7. The molecule has 2 rings (SSSR count). The van der Waals surface area contributed by atoms with Crippen LogP contribution in [0.4, 0.5) is 4.79 Å². The molecule has 2 aliphatic heterocycles. The number of nitrogens with zero attached hydrogens (tertiary/aromatic N) is 1. The second-order valence-electron chi connectivity index (χ2n) is 6.29. The topological polar surface area (TPSA) is 78.5 Å². The summed E-state index contributed by atoms with van der Waals surface area (Å²) in [5.41, 5.74) is 0. The molecule has 0 saturated carbocycles. The van der Waals surface area contributed by atoms with Gasteiger partial charge in [-0.1, -0.05) is 6.42 Å². The Hall–Kier alpha value is -0.820. The summed E-state index contributed by atoms with van der Waals surface area (Å²) in [4.78, 5) is 14.1. The van der Waals surface area contributed by atoms with Gasteiger partial charge in [-0.2, -0.15) is 0 Å². The van der Waals surface area contributed by atoms with Gasteiger partial charge in [0.2, 0.25) is 0 Å². The van der Waals surface area contributed by atoms with E-state index in [9.17, 15) is 13.2 Å². The SMILES string of the molecule is C[C@@H]1CCCCN1CCNC(=O)NC[C@H]1CCS(=O)(=O)C1. The average molecular weight is 317 g/mol. The Morgan fingerprint density at radius 2 is 2.05 bits per heavy atom. The standard InChI is InChI=1S/C14H27N3O3S/c1-12-4-2-3-7-17(12)8-6-15-14(18)16-10-13-5-9-21(19,20)11-13/h12-13H,2-11H2,1H3,(H2,15,16,18)/t12-,13-/m1/s1. The zero-order valence-electron chi connectivity index (χ0n) is 12.8. The second-order valence-corrected chi connectivity index (χ2v) is 8.52. The van der Waals surface area contributed by atoms with Crippen LogP contribution in [0.25, 0.3) is 0 Å². The summed E-state index contributed by atoms with van der Waals surface area (Å²) in [7, 11) is -2.86. The van der Waals surface area contributed by atoms with Crippen LogP contribution < -0.4 is 10.6 Å². The largest absolute Gasteiger partial charge is 0.338 e. The fourth-order valence-corrected chi connectivity index (χ4v) is 5.00. The molecule has 2 saturated heterocycles. The lowest BCUT2D eigenvalue weighted by Gasteiger charge is -2.33. The van der Waals surface area contributed by atoms with Gasteiger partial charge in [0.05, 0.1) is 11.5 Å². The van der Waals surface area contributed by atoms with E-state index >= 15 is 0 Å². The molecule has 0 radical (unpaired) electrons. The monoisotopic (exact) mass is 317 g/mol. The van der Waals surface area contributed by atoms with E-state index in [1.807, 2.05) is 0 Å². The van der Waals surface area contributed by atoms with Crippen molar-refractivity contribution in [1.29, 1.82) is 0 Å². The summed E-state index contributed by atoms with van der Waals surface area (Å²) in [6.45, 7) is 5.32. The Kier molecular flexibility index (Phi) is 5.87. The minimum atomic E-state index is -2.86. The average Bonchev–Trinajstić information content (AvgIpc) is 2.78. The van der Waals surface area contributed by atoms with Crippen molar-refractivity contribution >= 4 is 15.9 Å². The van der Waals surface area contributed by atoms with Crippen molar-refractivity contribution in [1.82, 2.24) is 15.5 Å². The predicted molar refractivity (Wildman–Crippen MR) is 83.0 cm³/mol. The van der Waals surface area contributed by atoms with E-state index in [4.69, 9.17) is 0 Å². The molecule has 0 aromatic rings. The maximum Gasteiger partial charge on any atom is 0.314 e. The van der Waals surface area contributed by atoms with E-state index in [2.05, 4.69) is 22.5 Å². The van der Waals surface area contributed by atoms with Crippen molar-refractivity contribution in [3.63, 3.8) is 0 Å². The van der Waals surface area contributed by atoms with Gasteiger partial charge in [0.15, 0.2) is 9.84 Å². The first-order valence-corrected chi connectivity index (χ1v) is 9.74. The van der Waals surface area contributed by atoms with Crippen LogP contribution in [-0.4, -0.2) is 63.1 Å². The number of likely N-dealkylation sites (tertiary alicyclic amines) is 1. The Labute approximate surface area is 127 Å². The van der Waals surface area contributed by atoms with E-state index in [0.717, 1.165) is 13.1 Å². The molecule has 122 valence electrons.